The first kappa shape index (κ1) is 13.5. The van der Waals surface area contributed by atoms with Gasteiger partial charge in [0.1, 0.15) is 0 Å². The Bertz CT molecular complexity index is 902. The zero-order valence-corrected chi connectivity index (χ0v) is 11.6. The van der Waals surface area contributed by atoms with Crippen molar-refractivity contribution in [1.29, 1.82) is 10.5 Å². The second-order valence-electron chi connectivity index (χ2n) is 4.66. The first-order chi connectivity index (χ1) is 10.8. The Morgan fingerprint density at radius 3 is 2.45 bits per heavy atom. The van der Waals surface area contributed by atoms with Gasteiger partial charge >= 0.3 is 0 Å². The molecule has 4 nitrogen and oxygen atoms in total. The van der Waals surface area contributed by atoms with Gasteiger partial charge in [-0.2, -0.15) is 10.5 Å². The zero-order chi connectivity index (χ0) is 15.4. The molecule has 1 aromatic carbocycles. The molecule has 22 heavy (non-hydrogen) atoms. The molecule has 0 radical (unpaired) electrons. The maximum Gasteiger partial charge on any atom is 0.0998 e. The normalized spacial score (nSPS) is 9.73. The van der Waals surface area contributed by atoms with Gasteiger partial charge in [0.05, 0.1) is 29.0 Å². The fraction of sp³-hybridized carbons (Fsp3) is 0. The number of hydrogen-bond acceptors (Lipinski definition) is 4. The Balaban J connectivity index is 2.15. The Labute approximate surface area is 127 Å². The van der Waals surface area contributed by atoms with Crippen LogP contribution in [0.25, 0.3) is 22.4 Å². The van der Waals surface area contributed by atoms with Gasteiger partial charge in [0, 0.05) is 35.3 Å². The zero-order valence-electron chi connectivity index (χ0n) is 11.6. The average molecular weight is 282 g/mol. The van der Waals surface area contributed by atoms with Crippen molar-refractivity contribution in [2.24, 2.45) is 0 Å². The molecule has 0 amide bonds. The molecule has 0 fully saturated rings. The number of aromatic nitrogens is 2. The number of benzene rings is 1. The molecule has 3 aromatic rings. The molecule has 0 saturated carbocycles. The molecule has 0 bridgehead atoms. The summed E-state index contributed by atoms with van der Waals surface area (Å²) in [5.41, 5.74) is 4.19. The highest BCUT2D eigenvalue weighted by Gasteiger charge is 2.09. The summed E-state index contributed by atoms with van der Waals surface area (Å²) in [5.74, 6) is 0. The second kappa shape index (κ2) is 5.87. The Morgan fingerprint density at radius 2 is 1.73 bits per heavy atom. The number of nitrogens with zero attached hydrogens (tertiary/aromatic N) is 4. The fourth-order valence-electron chi connectivity index (χ4n) is 2.21. The average Bonchev–Trinajstić information content (AvgIpc) is 2.62. The largest absolute Gasteiger partial charge is 0.263 e. The lowest BCUT2D eigenvalue weighted by Gasteiger charge is -2.07. The molecule has 102 valence electrons. The van der Waals surface area contributed by atoms with Crippen molar-refractivity contribution in [2.75, 3.05) is 0 Å². The van der Waals surface area contributed by atoms with E-state index in [1.54, 1.807) is 36.8 Å². The maximum absolute atomic E-state index is 9.26. The van der Waals surface area contributed by atoms with Gasteiger partial charge in [-0.1, -0.05) is 6.07 Å². The molecule has 0 aliphatic rings. The van der Waals surface area contributed by atoms with Crippen molar-refractivity contribution in [3.05, 3.63) is 72.2 Å². The summed E-state index contributed by atoms with van der Waals surface area (Å²) >= 11 is 0. The van der Waals surface area contributed by atoms with Gasteiger partial charge in [-0.25, -0.2) is 0 Å². The third kappa shape index (κ3) is 2.54. The van der Waals surface area contributed by atoms with E-state index < -0.39 is 0 Å². The highest BCUT2D eigenvalue weighted by Crippen LogP contribution is 2.27. The minimum Gasteiger partial charge on any atom is -0.263 e. The van der Waals surface area contributed by atoms with E-state index in [2.05, 4.69) is 22.1 Å². The van der Waals surface area contributed by atoms with Crippen LogP contribution in [0.15, 0.2) is 61.1 Å². The van der Waals surface area contributed by atoms with Crippen LogP contribution in [-0.4, -0.2) is 9.97 Å². The lowest BCUT2D eigenvalue weighted by atomic mass is 9.98. The summed E-state index contributed by atoms with van der Waals surface area (Å²) < 4.78 is 0. The van der Waals surface area contributed by atoms with Crippen LogP contribution >= 0.6 is 0 Å². The lowest BCUT2D eigenvalue weighted by Crippen LogP contribution is -1.90. The quantitative estimate of drug-likeness (QED) is 0.720. The van der Waals surface area contributed by atoms with Crippen LogP contribution in [0.3, 0.4) is 0 Å². The molecule has 0 aliphatic heterocycles. The van der Waals surface area contributed by atoms with Crippen molar-refractivity contribution in [2.45, 2.75) is 0 Å². The van der Waals surface area contributed by atoms with Crippen LogP contribution in [0.1, 0.15) is 11.1 Å². The molecule has 0 atom stereocenters. The standard InChI is InChI=1S/C18H10N4/c19-9-13-4-5-14(10-20)17(7-13)15-8-16(12-21-11-15)18-3-1-2-6-22-18/h1-8,11-12H. The van der Waals surface area contributed by atoms with Gasteiger partial charge in [-0.05, 0) is 36.4 Å². The Hall–Kier alpha value is -3.50. The molecular weight excluding hydrogens is 272 g/mol. The molecule has 4 heteroatoms. The lowest BCUT2D eigenvalue weighted by molar-refractivity contribution is 1.28. The molecule has 0 unspecified atom stereocenters. The Morgan fingerprint density at radius 1 is 0.864 bits per heavy atom. The van der Waals surface area contributed by atoms with Crippen LogP contribution in [0.5, 0.6) is 0 Å². The predicted molar refractivity (Wildman–Crippen MR) is 82.3 cm³/mol. The molecule has 2 aromatic heterocycles. The van der Waals surface area contributed by atoms with E-state index in [9.17, 15) is 5.26 Å². The summed E-state index contributed by atoms with van der Waals surface area (Å²) in [6.07, 6.45) is 5.13. The molecular formula is C18H10N4. The third-order valence-electron chi connectivity index (χ3n) is 3.28. The number of rotatable bonds is 2. The van der Waals surface area contributed by atoms with Gasteiger partial charge in [-0.15, -0.1) is 0 Å². The summed E-state index contributed by atoms with van der Waals surface area (Å²) in [6.45, 7) is 0. The number of hydrogen-bond donors (Lipinski definition) is 0. The maximum atomic E-state index is 9.26. The summed E-state index contributed by atoms with van der Waals surface area (Å²) in [4.78, 5) is 8.54. The molecule has 0 N–H and O–H groups in total. The van der Waals surface area contributed by atoms with Crippen LogP contribution in [0, 0.1) is 22.7 Å². The summed E-state index contributed by atoms with van der Waals surface area (Å²) in [5, 5.41) is 18.3. The van der Waals surface area contributed by atoms with Crippen molar-refractivity contribution in [3.8, 4) is 34.5 Å². The summed E-state index contributed by atoms with van der Waals surface area (Å²) in [7, 11) is 0. The molecule has 3 rings (SSSR count). The van der Waals surface area contributed by atoms with Gasteiger partial charge < -0.3 is 0 Å². The minimum absolute atomic E-state index is 0.511. The number of pyridine rings is 2. The second-order valence-corrected chi connectivity index (χ2v) is 4.66. The van der Waals surface area contributed by atoms with Crippen LogP contribution in [0.4, 0.5) is 0 Å². The van der Waals surface area contributed by atoms with E-state index in [1.807, 2.05) is 24.3 Å². The third-order valence-corrected chi connectivity index (χ3v) is 3.28. The van der Waals surface area contributed by atoms with Gasteiger partial charge in [0.25, 0.3) is 0 Å². The highest BCUT2D eigenvalue weighted by molar-refractivity contribution is 5.75. The van der Waals surface area contributed by atoms with Crippen molar-refractivity contribution in [3.63, 3.8) is 0 Å². The van der Waals surface area contributed by atoms with Gasteiger partial charge in [0.15, 0.2) is 0 Å². The smallest absolute Gasteiger partial charge is 0.0998 e. The first-order valence-electron chi connectivity index (χ1n) is 6.63. The molecule has 2 heterocycles. The van der Waals surface area contributed by atoms with E-state index in [-0.39, 0.29) is 0 Å². The number of nitriles is 2. The van der Waals surface area contributed by atoms with E-state index >= 15 is 0 Å². The molecule has 0 spiro atoms. The molecule has 0 aliphatic carbocycles. The SMILES string of the molecule is N#Cc1ccc(C#N)c(-c2cncc(-c3ccccn3)c2)c1. The predicted octanol–water partition coefficient (Wildman–Crippen LogP) is 3.55. The van der Waals surface area contributed by atoms with E-state index in [0.29, 0.717) is 16.7 Å². The Kier molecular flexibility index (Phi) is 3.59. The van der Waals surface area contributed by atoms with Crippen molar-refractivity contribution in [1.82, 2.24) is 9.97 Å². The van der Waals surface area contributed by atoms with Crippen molar-refractivity contribution >= 4 is 0 Å². The van der Waals surface area contributed by atoms with Crippen LogP contribution < -0.4 is 0 Å². The summed E-state index contributed by atoms with van der Waals surface area (Å²) in [6, 6.07) is 16.8. The first-order valence-corrected chi connectivity index (χ1v) is 6.63. The van der Waals surface area contributed by atoms with E-state index in [1.165, 1.54) is 0 Å². The van der Waals surface area contributed by atoms with Gasteiger partial charge in [-0.3, -0.25) is 9.97 Å². The highest BCUT2D eigenvalue weighted by atomic mass is 14.7. The van der Waals surface area contributed by atoms with E-state index in [4.69, 9.17) is 5.26 Å². The monoisotopic (exact) mass is 282 g/mol. The van der Waals surface area contributed by atoms with Crippen LogP contribution in [-0.2, 0) is 0 Å². The van der Waals surface area contributed by atoms with Gasteiger partial charge in [0.2, 0.25) is 0 Å². The minimum atomic E-state index is 0.511. The van der Waals surface area contributed by atoms with E-state index in [0.717, 1.165) is 16.8 Å². The topological polar surface area (TPSA) is 73.4 Å². The van der Waals surface area contributed by atoms with Crippen LogP contribution in [0.2, 0.25) is 0 Å². The fourth-order valence-corrected chi connectivity index (χ4v) is 2.21. The molecule has 0 saturated heterocycles. The van der Waals surface area contributed by atoms with Crippen molar-refractivity contribution < 1.29 is 0 Å².